The molecule has 5 rings (SSSR count). The predicted octanol–water partition coefficient (Wildman–Crippen LogP) is 0.773. The van der Waals surface area contributed by atoms with Crippen molar-refractivity contribution >= 4 is 50.4 Å². The van der Waals surface area contributed by atoms with Crippen molar-refractivity contribution in [2.24, 2.45) is 5.16 Å². The first-order valence-corrected chi connectivity index (χ1v) is 17.4. The smallest absolute Gasteiger partial charge is 0.418 e. The summed E-state index contributed by atoms with van der Waals surface area (Å²) in [6, 6.07) is 5.73. The zero-order valence-corrected chi connectivity index (χ0v) is 28.3. The molecular weight excluding hydrogens is 686 g/mol. The maximum atomic E-state index is 13.2. The average molecular weight is 723 g/mol. The van der Waals surface area contributed by atoms with Crippen LogP contribution in [0, 0.1) is 0 Å². The van der Waals surface area contributed by atoms with Crippen LogP contribution in [-0.4, -0.2) is 93.3 Å². The summed E-state index contributed by atoms with van der Waals surface area (Å²) in [5.74, 6) is -3.08. The molecule has 0 radical (unpaired) electrons. The first kappa shape index (κ1) is 35.7. The number of aromatic nitrogens is 3. The Balaban J connectivity index is 1.21. The Labute approximate surface area is 284 Å². The molecule has 1 fully saturated rings. The number of carbonyl (C=O) groups excluding carboxylic acids is 2. The minimum absolute atomic E-state index is 0.0639. The van der Waals surface area contributed by atoms with Crippen LogP contribution < -0.4 is 20.5 Å². The van der Waals surface area contributed by atoms with Crippen molar-refractivity contribution in [1.82, 2.24) is 20.0 Å². The summed E-state index contributed by atoms with van der Waals surface area (Å²) in [4.78, 5) is 47.0. The molecule has 1 saturated heterocycles. The third kappa shape index (κ3) is 8.33. The molecule has 49 heavy (non-hydrogen) atoms. The monoisotopic (exact) mass is 722 g/mol. The second kappa shape index (κ2) is 14.5. The molecule has 0 aliphatic carbocycles. The second-order valence-electron chi connectivity index (χ2n) is 11.8. The van der Waals surface area contributed by atoms with Crippen molar-refractivity contribution in [3.8, 4) is 16.9 Å². The minimum Gasteiger partial charge on any atom is -0.489 e. The lowest BCUT2D eigenvalue weighted by Crippen LogP contribution is -2.76. The lowest BCUT2D eigenvalue weighted by Gasteiger charge is -2.50. The van der Waals surface area contributed by atoms with E-state index in [4.69, 9.17) is 24.6 Å². The Hall–Kier alpha value is -4.63. The average Bonchev–Trinajstić information content (AvgIpc) is 3.75. The molecule has 18 nitrogen and oxygen atoms in total. The second-order valence-corrected chi connectivity index (χ2v) is 13.7. The predicted molar refractivity (Wildman–Crippen MR) is 171 cm³/mol. The number of carbonyl (C=O) groups is 3. The maximum Gasteiger partial charge on any atom is 0.418 e. The fourth-order valence-electron chi connectivity index (χ4n) is 5.14. The number of benzene rings is 1. The number of oxime groups is 1. The van der Waals surface area contributed by atoms with E-state index in [1.54, 1.807) is 12.1 Å². The van der Waals surface area contributed by atoms with E-state index in [9.17, 15) is 27.9 Å². The van der Waals surface area contributed by atoms with Gasteiger partial charge in [-0.05, 0) is 38.0 Å². The van der Waals surface area contributed by atoms with E-state index in [0.29, 0.717) is 10.8 Å². The summed E-state index contributed by atoms with van der Waals surface area (Å²) in [6.45, 7) is 6.66. The fourth-order valence-corrected chi connectivity index (χ4v) is 6.14. The Morgan fingerprint density at radius 1 is 1.27 bits per heavy atom. The van der Waals surface area contributed by atoms with Gasteiger partial charge in [-0.25, -0.2) is 9.78 Å². The Morgan fingerprint density at radius 3 is 2.59 bits per heavy atom. The number of β-lactam (4-membered cyclic amide) rings is 1. The number of unbranched alkanes of at least 4 members (excludes halogenated alkanes) is 1. The number of carboxylic acid groups (broad SMARTS) is 1. The highest BCUT2D eigenvalue weighted by Crippen LogP contribution is 2.33. The van der Waals surface area contributed by atoms with Gasteiger partial charge in [0.1, 0.15) is 36.7 Å². The van der Waals surface area contributed by atoms with Crippen LogP contribution in [0.2, 0.25) is 0 Å². The molecule has 2 amide bonds. The van der Waals surface area contributed by atoms with Gasteiger partial charge < -0.3 is 30.5 Å². The van der Waals surface area contributed by atoms with E-state index >= 15 is 0 Å². The van der Waals surface area contributed by atoms with Gasteiger partial charge in [-0.3, -0.25) is 14.1 Å². The Bertz CT molecular complexity index is 1820. The van der Waals surface area contributed by atoms with Crippen LogP contribution in [0.3, 0.4) is 0 Å². The number of nitrogens with two attached hydrogens (primary N) is 1. The first-order valence-electron chi connectivity index (χ1n) is 15.1. The topological polar surface area (TPSA) is 238 Å². The molecule has 0 unspecified atom stereocenters. The Kier molecular flexibility index (Phi) is 10.5. The molecule has 3 aromatic rings. The third-order valence-electron chi connectivity index (χ3n) is 7.78. The number of aliphatic carboxylic acids is 1. The van der Waals surface area contributed by atoms with Crippen molar-refractivity contribution in [1.29, 1.82) is 0 Å². The van der Waals surface area contributed by atoms with Gasteiger partial charge in [0, 0.05) is 12.0 Å². The van der Waals surface area contributed by atoms with Gasteiger partial charge in [-0.1, -0.05) is 30.6 Å². The molecular formula is C29H36N7O11S2+. The molecule has 2 atom stereocenters. The quantitative estimate of drug-likeness (QED) is 0.0400. The van der Waals surface area contributed by atoms with Crippen molar-refractivity contribution in [2.75, 3.05) is 18.9 Å². The van der Waals surface area contributed by atoms with E-state index in [2.05, 4.69) is 36.0 Å². The van der Waals surface area contributed by atoms with Crippen molar-refractivity contribution in [2.45, 2.75) is 70.5 Å². The number of nitrogens with zero attached hydrogens (tertiary/aromatic N) is 5. The van der Waals surface area contributed by atoms with Gasteiger partial charge >= 0.3 is 16.4 Å². The van der Waals surface area contributed by atoms with Gasteiger partial charge in [0.25, 0.3) is 17.9 Å². The number of nitrogen functional groups attached to an aromatic ring is 1. The van der Waals surface area contributed by atoms with E-state index in [1.165, 1.54) is 19.2 Å². The summed E-state index contributed by atoms with van der Waals surface area (Å²) < 4.78 is 51.3. The highest BCUT2D eigenvalue weighted by atomic mass is 32.3. The van der Waals surface area contributed by atoms with Crippen molar-refractivity contribution < 1.29 is 55.7 Å². The van der Waals surface area contributed by atoms with Crippen LogP contribution in [0.5, 0.6) is 5.75 Å². The van der Waals surface area contributed by atoms with E-state index < -0.39 is 58.2 Å². The number of amides is 2. The molecule has 2 aromatic heterocycles. The molecule has 0 bridgehead atoms. The van der Waals surface area contributed by atoms with Crippen LogP contribution in [0.4, 0.5) is 5.13 Å². The van der Waals surface area contributed by atoms with Crippen LogP contribution in [0.25, 0.3) is 11.1 Å². The molecule has 1 aromatic carbocycles. The number of rotatable bonds is 16. The van der Waals surface area contributed by atoms with E-state index in [-0.39, 0.29) is 16.9 Å². The first-order chi connectivity index (χ1) is 23.2. The van der Waals surface area contributed by atoms with Gasteiger partial charge in [0.2, 0.25) is 6.20 Å². The van der Waals surface area contributed by atoms with Crippen LogP contribution in [0.1, 0.15) is 39.3 Å². The van der Waals surface area contributed by atoms with Crippen LogP contribution in [-0.2, 0) is 51.7 Å². The van der Waals surface area contributed by atoms with Crippen molar-refractivity contribution in [3.63, 3.8) is 0 Å². The number of thiazole rings is 1. The standard InChI is InChI=1S/C29H35N7O11S2/c1-4-5-10-44-20-13-34-11-18(12-35(34)14-20)17-6-8-19(9-7-17)45-15-22(27(39)40)46-33-23(21-16-48-28(30)31-21)25(37)32-24-26(38)36(29(24,2)3)47-49(41,42)43/h6-9,11-12,16,20,22,24H,4-5,10,13-15H2,1-3H3,(H4-,30,31,32,37,39,40,41,42,43)/p+1/b33-23-/t22-,24+/m0/s1. The highest BCUT2D eigenvalue weighted by Gasteiger charge is 2.58. The number of hydrogen-bond acceptors (Lipinski definition) is 13. The number of ether oxygens (including phenoxy) is 2. The molecule has 264 valence electrons. The molecule has 20 heteroatoms. The van der Waals surface area contributed by atoms with E-state index in [0.717, 1.165) is 55.0 Å². The SMILES string of the molecule is CCCCOC1Cn2cc(-c3ccc(OC[C@H](O/N=C(\C(=O)N[C@@H]4C(=O)N(OS(=O)(=O)O)C4(C)C)c4csc(N)n4)C(=O)O)cc3)c[n+]2C1. The zero-order chi connectivity index (χ0) is 35.5. The molecule has 2 aliphatic heterocycles. The number of carboxylic acids is 1. The lowest BCUT2D eigenvalue weighted by atomic mass is 9.84. The summed E-state index contributed by atoms with van der Waals surface area (Å²) in [7, 11) is -5.02. The third-order valence-corrected chi connectivity index (χ3v) is 8.79. The fraction of sp³-hybridized carbons (Fsp3) is 0.448. The molecule has 2 aliphatic rings. The molecule has 5 N–H and O–H groups in total. The molecule has 4 heterocycles. The molecule has 0 saturated carbocycles. The van der Waals surface area contributed by atoms with Gasteiger partial charge in [0.15, 0.2) is 17.4 Å². The Morgan fingerprint density at radius 2 is 2.00 bits per heavy atom. The number of hydroxylamine groups is 2. The zero-order valence-electron chi connectivity index (χ0n) is 26.7. The van der Waals surface area contributed by atoms with Gasteiger partial charge in [0.05, 0.1) is 17.3 Å². The lowest BCUT2D eigenvalue weighted by molar-refractivity contribution is -0.760. The van der Waals surface area contributed by atoms with Gasteiger partial charge in [-0.15, -0.1) is 20.3 Å². The number of nitrogens with one attached hydrogen (secondary N) is 1. The van der Waals surface area contributed by atoms with Crippen LogP contribution in [0.15, 0.2) is 47.2 Å². The normalized spacial score (nSPS) is 19.2. The van der Waals surface area contributed by atoms with E-state index in [1.807, 2.05) is 24.5 Å². The number of fused-ring (bicyclic) bond motifs is 1. The summed E-state index contributed by atoms with van der Waals surface area (Å²) in [5, 5.41) is 17.7. The molecule has 0 spiro atoms. The number of hydrogen-bond donors (Lipinski definition) is 4. The van der Waals surface area contributed by atoms with Crippen molar-refractivity contribution in [3.05, 3.63) is 47.7 Å². The summed E-state index contributed by atoms with van der Waals surface area (Å²) >= 11 is 0.965. The minimum atomic E-state index is -5.02. The van der Waals surface area contributed by atoms with Crippen LogP contribution >= 0.6 is 11.3 Å². The maximum absolute atomic E-state index is 13.2. The summed E-state index contributed by atoms with van der Waals surface area (Å²) in [5.41, 5.74) is 5.62. The number of anilines is 1. The summed E-state index contributed by atoms with van der Waals surface area (Å²) in [6.07, 6.45) is 4.68. The highest BCUT2D eigenvalue weighted by molar-refractivity contribution is 7.80. The largest absolute Gasteiger partial charge is 0.489 e. The van der Waals surface area contributed by atoms with Gasteiger partial charge in [-0.2, -0.15) is 18.2 Å².